The molecule has 86 valence electrons. The minimum Gasteiger partial charge on any atom is -0.691 e. The maximum atomic E-state index is 9.76. The van der Waals surface area contributed by atoms with E-state index in [0.29, 0.717) is 0 Å². The summed E-state index contributed by atoms with van der Waals surface area (Å²) < 4.78 is 4.31. The number of hydrogen-bond donors (Lipinski definition) is 1. The third-order valence-corrected chi connectivity index (χ3v) is 3.65. The summed E-state index contributed by atoms with van der Waals surface area (Å²) in [6, 6.07) is 5.86. The predicted octanol–water partition coefficient (Wildman–Crippen LogP) is -2.61. The maximum Gasteiger partial charge on any atom is 1.00 e. The van der Waals surface area contributed by atoms with E-state index in [9.17, 15) is 5.26 Å². The molecule has 0 fully saturated rings. The first-order chi connectivity index (χ1) is 7.55. The van der Waals surface area contributed by atoms with Crippen LogP contribution >= 0.6 is 12.0 Å². The molecule has 4 nitrogen and oxygen atoms in total. The van der Waals surface area contributed by atoms with Crippen molar-refractivity contribution in [3.8, 4) is 0 Å². The molecule has 0 saturated heterocycles. The molecule has 2 rings (SSSR count). The van der Waals surface area contributed by atoms with Crippen LogP contribution in [0.4, 0.5) is 5.69 Å². The molecule has 0 saturated carbocycles. The SMILES string of the molecule is CC1=[NH+]c2ccc(SOO[O-])cc2C1(C)C.[K+]. The predicted molar refractivity (Wildman–Crippen MR) is 58.8 cm³/mol. The summed E-state index contributed by atoms with van der Waals surface area (Å²) >= 11 is 0.917. The second kappa shape index (κ2) is 6.27. The van der Waals surface area contributed by atoms with Crippen molar-refractivity contribution >= 4 is 23.4 Å². The van der Waals surface area contributed by atoms with Gasteiger partial charge in [0, 0.05) is 23.4 Å². The van der Waals surface area contributed by atoms with E-state index in [1.165, 1.54) is 11.3 Å². The maximum absolute atomic E-state index is 9.76. The van der Waals surface area contributed by atoms with E-state index in [1.807, 2.05) is 18.2 Å². The zero-order valence-corrected chi connectivity index (χ0v) is 14.3. The van der Waals surface area contributed by atoms with Gasteiger partial charge in [-0.1, -0.05) is 0 Å². The molecule has 6 heteroatoms. The third-order valence-electron chi connectivity index (χ3n) is 3.08. The first-order valence-electron chi connectivity index (χ1n) is 4.94. The quantitative estimate of drug-likeness (QED) is 0.285. The fraction of sp³-hybridized carbons (Fsp3) is 0.364. The van der Waals surface area contributed by atoms with Gasteiger partial charge in [-0.3, -0.25) is 5.04 Å². The van der Waals surface area contributed by atoms with Gasteiger partial charge in [-0.15, -0.1) is 0 Å². The van der Waals surface area contributed by atoms with Crippen LogP contribution in [0.1, 0.15) is 26.3 Å². The van der Waals surface area contributed by atoms with Crippen molar-refractivity contribution in [2.75, 3.05) is 0 Å². The summed E-state index contributed by atoms with van der Waals surface area (Å²) in [7, 11) is 0. The van der Waals surface area contributed by atoms with E-state index in [4.69, 9.17) is 0 Å². The summed E-state index contributed by atoms with van der Waals surface area (Å²) in [4.78, 5) is 4.19. The van der Waals surface area contributed by atoms with E-state index in [1.54, 1.807) is 0 Å². The van der Waals surface area contributed by atoms with Crippen LogP contribution in [-0.4, -0.2) is 5.71 Å². The average Bonchev–Trinajstić information content (AvgIpc) is 2.48. The molecule has 17 heavy (non-hydrogen) atoms. The smallest absolute Gasteiger partial charge is 0.691 e. The fourth-order valence-electron chi connectivity index (χ4n) is 1.81. The largest absolute Gasteiger partial charge is 1.00 e. The minimum atomic E-state index is -0.00970. The van der Waals surface area contributed by atoms with Crippen LogP contribution in [0.3, 0.4) is 0 Å². The van der Waals surface area contributed by atoms with Crippen molar-refractivity contribution in [3.05, 3.63) is 23.8 Å². The molecular weight excluding hydrogens is 265 g/mol. The molecule has 1 heterocycles. The summed E-state index contributed by atoms with van der Waals surface area (Å²) in [5.41, 5.74) is 3.51. The fourth-order valence-corrected chi connectivity index (χ4v) is 2.21. The van der Waals surface area contributed by atoms with Crippen LogP contribution in [-0.2, 0) is 14.8 Å². The molecule has 0 unspecified atom stereocenters. The third kappa shape index (κ3) is 3.20. The minimum absolute atomic E-state index is 0. The van der Waals surface area contributed by atoms with Crippen molar-refractivity contribution < 1.29 is 71.0 Å². The molecule has 0 bridgehead atoms. The van der Waals surface area contributed by atoms with E-state index >= 15 is 0 Å². The zero-order chi connectivity index (χ0) is 11.8. The summed E-state index contributed by atoms with van der Waals surface area (Å²) in [5, 5.41) is 13.1. The van der Waals surface area contributed by atoms with Crippen molar-refractivity contribution in [2.24, 2.45) is 0 Å². The Morgan fingerprint density at radius 1 is 1.35 bits per heavy atom. The monoisotopic (exact) mass is 278 g/mol. The Labute approximate surface area is 147 Å². The van der Waals surface area contributed by atoms with Gasteiger partial charge in [-0.25, -0.2) is 4.99 Å². The molecule has 1 N–H and O–H groups in total. The number of nitrogens with one attached hydrogen (secondary N) is 1. The van der Waals surface area contributed by atoms with Gasteiger partial charge in [0.2, 0.25) is 5.69 Å². The molecule has 0 aliphatic carbocycles. The van der Waals surface area contributed by atoms with Gasteiger partial charge in [-0.2, -0.15) is 4.33 Å². The molecule has 0 aromatic heterocycles. The van der Waals surface area contributed by atoms with E-state index in [2.05, 4.69) is 35.1 Å². The summed E-state index contributed by atoms with van der Waals surface area (Å²) in [6.45, 7) is 6.38. The summed E-state index contributed by atoms with van der Waals surface area (Å²) in [5.74, 6) is 0. The number of rotatable bonds is 3. The van der Waals surface area contributed by atoms with E-state index in [-0.39, 0.29) is 56.8 Å². The second-order valence-electron chi connectivity index (χ2n) is 4.30. The second-order valence-corrected chi connectivity index (χ2v) is 5.08. The average molecular weight is 278 g/mol. The Hall–Kier alpha value is 0.756. The van der Waals surface area contributed by atoms with Crippen LogP contribution in [0, 0.1) is 0 Å². The van der Waals surface area contributed by atoms with Gasteiger partial charge in [-0.05, 0) is 26.0 Å². The van der Waals surface area contributed by atoms with Gasteiger partial charge < -0.3 is 5.26 Å². The van der Waals surface area contributed by atoms with E-state index in [0.717, 1.165) is 22.6 Å². The number of hydrogen-bond acceptors (Lipinski definition) is 4. The molecule has 0 atom stereocenters. The Morgan fingerprint density at radius 3 is 2.71 bits per heavy atom. The normalized spacial score (nSPS) is 16.1. The van der Waals surface area contributed by atoms with Gasteiger partial charge in [0.1, 0.15) is 0 Å². The Morgan fingerprint density at radius 2 is 2.06 bits per heavy atom. The molecule has 1 aliphatic rings. The van der Waals surface area contributed by atoms with Crippen LogP contribution in [0.2, 0.25) is 0 Å². The van der Waals surface area contributed by atoms with Crippen LogP contribution in [0.15, 0.2) is 23.1 Å². The van der Waals surface area contributed by atoms with E-state index < -0.39 is 0 Å². The molecule has 1 aromatic rings. The van der Waals surface area contributed by atoms with Gasteiger partial charge in [0.05, 0.1) is 17.5 Å². The van der Waals surface area contributed by atoms with Crippen LogP contribution in [0.5, 0.6) is 0 Å². The van der Waals surface area contributed by atoms with Gasteiger partial charge >= 0.3 is 51.4 Å². The first kappa shape index (κ1) is 15.8. The molecule has 1 aromatic carbocycles. The molecule has 1 aliphatic heterocycles. The Kier molecular flexibility index (Phi) is 5.83. The van der Waals surface area contributed by atoms with Crippen molar-refractivity contribution in [3.63, 3.8) is 0 Å². The standard InChI is InChI=1S/C11H13NO3S.K/c1-7-11(2,3)9-6-8(16-15-14-13)4-5-10(9)12-7;/h4-6,13H,1-3H3;/q;+1. The topological polar surface area (TPSA) is 55.5 Å². The first-order valence-corrected chi connectivity index (χ1v) is 5.68. The Bertz CT molecular complexity index is 448. The molecule has 0 amide bonds. The molecular formula is C11H13KNO3S+. The number of fused-ring (bicyclic) bond motifs is 1. The Balaban J connectivity index is 0.00000144. The molecule has 0 spiro atoms. The van der Waals surface area contributed by atoms with Crippen molar-refractivity contribution in [2.45, 2.75) is 31.1 Å². The zero-order valence-electron chi connectivity index (χ0n) is 10.4. The van der Waals surface area contributed by atoms with Crippen molar-refractivity contribution in [1.29, 1.82) is 0 Å². The molecule has 0 radical (unpaired) electrons. The van der Waals surface area contributed by atoms with Crippen LogP contribution < -0.4 is 61.6 Å². The van der Waals surface area contributed by atoms with Gasteiger partial charge in [0.15, 0.2) is 5.71 Å². The van der Waals surface area contributed by atoms with Crippen LogP contribution in [0.25, 0.3) is 0 Å². The summed E-state index contributed by atoms with van der Waals surface area (Å²) in [6.07, 6.45) is 0. The number of benzene rings is 1. The van der Waals surface area contributed by atoms with Crippen molar-refractivity contribution in [1.82, 2.24) is 0 Å². The van der Waals surface area contributed by atoms with Gasteiger partial charge in [0.25, 0.3) is 0 Å².